The van der Waals surface area contributed by atoms with Crippen LogP contribution in [0.4, 0.5) is 18.9 Å². The van der Waals surface area contributed by atoms with Crippen molar-refractivity contribution in [3.05, 3.63) is 59.1 Å². The maximum Gasteiger partial charge on any atom is 0.433 e. The first-order valence-electron chi connectivity index (χ1n) is 10.2. The molecule has 0 fully saturated rings. The first kappa shape index (κ1) is 24.8. The summed E-state index contributed by atoms with van der Waals surface area (Å²) < 4.78 is 39.1. The normalized spacial score (nSPS) is 12.0. The largest absolute Gasteiger partial charge is 0.433 e. The number of halogens is 3. The summed E-state index contributed by atoms with van der Waals surface area (Å²) in [6.45, 7) is 3.33. The highest BCUT2D eigenvalue weighted by atomic mass is 19.4. The molecule has 0 saturated carbocycles. The molecule has 178 valence electrons. The molecule has 0 aliphatic carbocycles. The zero-order chi connectivity index (χ0) is 25.0. The Morgan fingerprint density at radius 3 is 2.56 bits per heavy atom. The van der Waals surface area contributed by atoms with Crippen molar-refractivity contribution in [2.45, 2.75) is 20.0 Å². The molecule has 0 aliphatic heterocycles. The number of fused-ring (bicyclic) bond motifs is 1. The smallest absolute Gasteiger partial charge is 0.395 e. The highest BCUT2D eigenvalue weighted by Crippen LogP contribution is 2.31. The molecule has 34 heavy (non-hydrogen) atoms. The molecule has 11 heteroatoms. The molecular weight excluding hydrogens is 449 g/mol. The number of benzene rings is 1. The number of carbonyl (C=O) groups excluding carboxylic acids is 1. The van der Waals surface area contributed by atoms with E-state index >= 15 is 0 Å². The van der Waals surface area contributed by atoms with E-state index in [1.807, 2.05) is 0 Å². The fourth-order valence-corrected chi connectivity index (χ4v) is 3.41. The van der Waals surface area contributed by atoms with E-state index in [-0.39, 0.29) is 24.4 Å². The van der Waals surface area contributed by atoms with E-state index in [2.05, 4.69) is 20.3 Å². The zero-order valence-corrected chi connectivity index (χ0v) is 18.7. The highest BCUT2D eigenvalue weighted by Gasteiger charge is 2.33. The van der Waals surface area contributed by atoms with Crippen LogP contribution in [0.2, 0.25) is 0 Å². The number of amides is 1. The summed E-state index contributed by atoms with van der Waals surface area (Å²) in [5, 5.41) is 19.0. The van der Waals surface area contributed by atoms with Crippen molar-refractivity contribution in [2.75, 3.05) is 25.1 Å². The fraction of sp³-hybridized carbons (Fsp3) is 0.261. The van der Waals surface area contributed by atoms with Gasteiger partial charge in [0.15, 0.2) is 5.82 Å². The third kappa shape index (κ3) is 5.20. The van der Waals surface area contributed by atoms with E-state index in [4.69, 9.17) is 10.5 Å². The predicted octanol–water partition coefficient (Wildman–Crippen LogP) is 3.41. The fourth-order valence-electron chi connectivity index (χ4n) is 3.41. The number of aromatic nitrogens is 3. The Balaban J connectivity index is 1.94. The molecule has 0 unspecified atom stereocenters. The van der Waals surface area contributed by atoms with Crippen LogP contribution < -0.4 is 10.2 Å². The summed E-state index contributed by atoms with van der Waals surface area (Å²) in [6, 6.07) is 6.15. The monoisotopic (exact) mass is 472 g/mol. The van der Waals surface area contributed by atoms with Crippen LogP contribution in [-0.2, 0) is 11.0 Å². The minimum atomic E-state index is -4.56. The number of anilines is 1. The van der Waals surface area contributed by atoms with E-state index in [0.29, 0.717) is 28.2 Å². The molecule has 3 aromatic rings. The molecule has 3 rings (SSSR count). The molecule has 1 aromatic carbocycles. The summed E-state index contributed by atoms with van der Waals surface area (Å²) in [5.74, 6) is -0.0771. The lowest BCUT2D eigenvalue weighted by atomic mass is 10.1. The van der Waals surface area contributed by atoms with Crippen LogP contribution in [0.15, 0.2) is 42.2 Å². The molecule has 0 bridgehead atoms. The number of nitrogens with one attached hydrogen (secondary N) is 2. The Kier molecular flexibility index (Phi) is 7.26. The number of likely N-dealkylation sites (N-methyl/N-ethyl adjacent to an activating group) is 1. The second kappa shape index (κ2) is 9.96. The molecule has 0 atom stereocenters. The first-order valence-corrected chi connectivity index (χ1v) is 10.2. The number of aliphatic hydroxyl groups is 1. The number of allylic oxidation sites excluding steroid dienone is 1. The minimum Gasteiger partial charge on any atom is -0.395 e. The van der Waals surface area contributed by atoms with Gasteiger partial charge in [-0.05, 0) is 55.3 Å². The lowest BCUT2D eigenvalue weighted by molar-refractivity contribution is -0.141. The van der Waals surface area contributed by atoms with E-state index in [0.717, 1.165) is 17.8 Å². The second-order valence-corrected chi connectivity index (χ2v) is 7.51. The number of rotatable bonds is 7. The molecule has 0 aliphatic rings. The number of aryl methyl sites for hydroxylation is 2. The minimum absolute atomic E-state index is 0.0515. The number of nitrogens with zero attached hydrogens (tertiary/aromatic N) is 4. The van der Waals surface area contributed by atoms with Crippen molar-refractivity contribution in [1.82, 2.24) is 20.3 Å². The number of carbonyl (C=O) groups is 1. The molecule has 8 nitrogen and oxygen atoms in total. The van der Waals surface area contributed by atoms with Crippen LogP contribution in [-0.4, -0.2) is 52.4 Å². The Hall–Kier alpha value is -3.86. The van der Waals surface area contributed by atoms with Gasteiger partial charge in [-0.25, -0.2) is 15.0 Å². The van der Waals surface area contributed by atoms with Crippen molar-refractivity contribution in [1.29, 1.82) is 5.41 Å². The van der Waals surface area contributed by atoms with Crippen LogP contribution in [0.3, 0.4) is 0 Å². The number of hydrogen-bond acceptors (Lipinski definition) is 7. The van der Waals surface area contributed by atoms with Gasteiger partial charge < -0.3 is 20.7 Å². The second-order valence-electron chi connectivity index (χ2n) is 7.51. The topological polar surface area (TPSA) is 115 Å². The summed E-state index contributed by atoms with van der Waals surface area (Å²) in [6.07, 6.45) is -1.01. The summed E-state index contributed by atoms with van der Waals surface area (Å²) >= 11 is 0. The molecule has 2 heterocycles. The molecule has 3 N–H and O–H groups in total. The summed E-state index contributed by atoms with van der Waals surface area (Å²) in [7, 11) is 1.59. The zero-order valence-electron chi connectivity index (χ0n) is 18.7. The van der Waals surface area contributed by atoms with Gasteiger partial charge in [0.05, 0.1) is 18.3 Å². The lowest BCUT2D eigenvalue weighted by Gasteiger charge is -2.22. The number of alkyl halides is 3. The molecule has 1 amide bonds. The lowest BCUT2D eigenvalue weighted by Crippen LogP contribution is -2.35. The van der Waals surface area contributed by atoms with E-state index in [1.165, 1.54) is 24.1 Å². The molecule has 2 aromatic heterocycles. The molecule has 0 saturated heterocycles. The third-order valence-corrected chi connectivity index (χ3v) is 5.06. The van der Waals surface area contributed by atoms with E-state index < -0.39 is 17.8 Å². The molecular formula is C23H23F3N6O2. The average Bonchev–Trinajstić information content (AvgIpc) is 2.80. The van der Waals surface area contributed by atoms with Gasteiger partial charge in [-0.1, -0.05) is 0 Å². The molecule has 0 radical (unpaired) electrons. The van der Waals surface area contributed by atoms with Crippen LogP contribution >= 0.6 is 0 Å². The van der Waals surface area contributed by atoms with Gasteiger partial charge in [-0.2, -0.15) is 13.2 Å². The molecule has 0 spiro atoms. The van der Waals surface area contributed by atoms with E-state index in [1.54, 1.807) is 32.2 Å². The average molecular weight is 472 g/mol. The van der Waals surface area contributed by atoms with Crippen molar-refractivity contribution in [3.8, 4) is 11.4 Å². The van der Waals surface area contributed by atoms with Crippen molar-refractivity contribution >= 4 is 28.8 Å². The quantitative estimate of drug-likeness (QED) is 0.359. The van der Waals surface area contributed by atoms with Crippen molar-refractivity contribution in [3.63, 3.8) is 0 Å². The summed E-state index contributed by atoms with van der Waals surface area (Å²) in [5.41, 5.74) is 1.83. The van der Waals surface area contributed by atoms with Gasteiger partial charge >= 0.3 is 6.18 Å². The number of aliphatic hydroxyl groups excluding tert-OH is 1. The highest BCUT2D eigenvalue weighted by molar-refractivity contribution is 6.07. The SMILES string of the molecule is Cc1cc(-c2ncc3nc(C(F)(F)F)cc(C)c3n2)ccc1N(C)C(=O)/C(=C/C=N)NCCO. The van der Waals surface area contributed by atoms with Crippen molar-refractivity contribution < 1.29 is 23.1 Å². The Morgan fingerprint density at radius 1 is 1.21 bits per heavy atom. The predicted molar refractivity (Wildman–Crippen MR) is 123 cm³/mol. The standard InChI is InChI=1S/C23H23F3N6O2/c1-13-10-15(4-5-18(13)32(3)22(34)16(6-7-27)28-8-9-33)21-29-12-17-20(31-21)14(2)11-19(30-17)23(24,25)26/h4-7,10-12,27-28,33H,8-9H2,1-3H3/b16-6-,27-7?. The Bertz CT molecular complexity index is 1270. The van der Waals surface area contributed by atoms with Gasteiger partial charge in [0, 0.05) is 31.1 Å². The van der Waals surface area contributed by atoms with Crippen LogP contribution in [0, 0.1) is 19.3 Å². The maximum absolute atomic E-state index is 13.0. The van der Waals surface area contributed by atoms with Gasteiger partial charge in [0.1, 0.15) is 16.9 Å². The summed E-state index contributed by atoms with van der Waals surface area (Å²) in [4.78, 5) is 26.5. The number of pyridine rings is 1. The maximum atomic E-state index is 13.0. The number of hydrogen-bond donors (Lipinski definition) is 3. The van der Waals surface area contributed by atoms with Gasteiger partial charge in [-0.3, -0.25) is 4.79 Å². The van der Waals surface area contributed by atoms with Crippen molar-refractivity contribution in [2.24, 2.45) is 0 Å². The third-order valence-electron chi connectivity index (χ3n) is 5.06. The van der Waals surface area contributed by atoms with Crippen LogP contribution in [0.1, 0.15) is 16.8 Å². The van der Waals surface area contributed by atoms with Gasteiger partial charge in [0.25, 0.3) is 5.91 Å². The van der Waals surface area contributed by atoms with Crippen LogP contribution in [0.5, 0.6) is 0 Å². The van der Waals surface area contributed by atoms with E-state index in [9.17, 15) is 18.0 Å². The van der Waals surface area contributed by atoms with Gasteiger partial charge in [0.2, 0.25) is 0 Å². The Labute approximate surface area is 193 Å². The van der Waals surface area contributed by atoms with Gasteiger partial charge in [-0.15, -0.1) is 0 Å². The first-order chi connectivity index (χ1) is 16.1. The van der Waals surface area contributed by atoms with Crippen LogP contribution in [0.25, 0.3) is 22.4 Å². The Morgan fingerprint density at radius 2 is 1.94 bits per heavy atom.